The molecule has 2 atom stereocenters. The maximum absolute atomic E-state index is 11.0. The fourth-order valence-corrected chi connectivity index (χ4v) is 9.67. The van der Waals surface area contributed by atoms with Crippen molar-refractivity contribution in [2.75, 3.05) is 4.90 Å². The molecule has 4 N–H and O–H groups in total. The van der Waals surface area contributed by atoms with E-state index in [1.165, 1.54) is 5.69 Å². The predicted octanol–water partition coefficient (Wildman–Crippen LogP) is 12.5. The third kappa shape index (κ3) is 26.3. The van der Waals surface area contributed by atoms with E-state index in [-0.39, 0.29) is 36.2 Å². The quantitative estimate of drug-likeness (QED) is 0.0376. The molecular formula is C44H77NO8P2. The van der Waals surface area contributed by atoms with Gasteiger partial charge in [0.2, 0.25) is 0 Å². The van der Waals surface area contributed by atoms with Crippen LogP contribution in [0.2, 0.25) is 0 Å². The summed E-state index contributed by atoms with van der Waals surface area (Å²) in [6, 6.07) is 10.9. The number of nitrogens with zero attached hydrogens (tertiary/aromatic N) is 1. The zero-order chi connectivity index (χ0) is 40.6. The van der Waals surface area contributed by atoms with E-state index in [2.05, 4.69) is 53.7 Å². The molecule has 2 unspecified atom stereocenters. The molecule has 0 spiro atoms. The summed E-state index contributed by atoms with van der Waals surface area (Å²) in [7, 11) is 6.71. The first-order valence-electron chi connectivity index (χ1n) is 21.7. The normalized spacial score (nSPS) is 11.8. The van der Waals surface area contributed by atoms with Crippen LogP contribution in [0.25, 0.3) is 0 Å². The molecule has 0 aromatic heterocycles. The number of anilines is 1. The largest absolute Gasteiger partial charge is 0.481 e. The Morgan fingerprint density at radius 1 is 0.382 bits per heavy atom. The van der Waals surface area contributed by atoms with Crippen LogP contribution < -0.4 is 4.90 Å². The zero-order valence-corrected chi connectivity index (χ0v) is 36.3. The molecule has 0 heterocycles. The summed E-state index contributed by atoms with van der Waals surface area (Å²) in [4.78, 5) is 46.6. The molecule has 0 fully saturated rings. The van der Waals surface area contributed by atoms with Crippen LogP contribution in [0, 0.1) is 0 Å². The number of hydrogen-bond acceptors (Lipinski definition) is 5. The molecule has 0 amide bonds. The van der Waals surface area contributed by atoms with E-state index in [9.17, 15) is 19.2 Å². The van der Waals surface area contributed by atoms with Gasteiger partial charge in [0, 0.05) is 31.4 Å². The van der Waals surface area contributed by atoms with Crippen molar-refractivity contribution in [3.63, 3.8) is 0 Å². The van der Waals surface area contributed by atoms with Crippen molar-refractivity contribution in [1.29, 1.82) is 0 Å². The fraction of sp³-hybridized carbons (Fsp3) is 0.773. The van der Waals surface area contributed by atoms with E-state index < -0.39 is 23.9 Å². The minimum Gasteiger partial charge on any atom is -0.481 e. The second kappa shape index (κ2) is 31.8. The minimum atomic E-state index is -0.721. The zero-order valence-electron chi connectivity index (χ0n) is 34.0. The molecule has 1 aromatic rings. The summed E-state index contributed by atoms with van der Waals surface area (Å²) in [6.07, 6.45) is 29.3. The molecule has 55 heavy (non-hydrogen) atoms. The third-order valence-electron chi connectivity index (χ3n) is 10.9. The maximum atomic E-state index is 11.0. The first kappa shape index (κ1) is 50.8. The van der Waals surface area contributed by atoms with Crippen LogP contribution in [0.5, 0.6) is 0 Å². The van der Waals surface area contributed by atoms with Crippen LogP contribution in [-0.4, -0.2) is 54.9 Å². The monoisotopic (exact) mass is 810 g/mol. The Labute approximate surface area is 338 Å². The molecular weight excluding hydrogens is 732 g/mol. The van der Waals surface area contributed by atoms with Gasteiger partial charge in [-0.25, -0.2) is 0 Å². The lowest BCUT2D eigenvalue weighted by molar-refractivity contribution is -0.138. The van der Waals surface area contributed by atoms with Gasteiger partial charge in [-0.15, -0.1) is 18.5 Å². The number of aliphatic carboxylic acids is 4. The molecule has 1 aromatic carbocycles. The van der Waals surface area contributed by atoms with Gasteiger partial charge in [0.05, 0.1) is 10.6 Å². The highest BCUT2D eigenvalue weighted by Gasteiger charge is 2.42. The van der Waals surface area contributed by atoms with Gasteiger partial charge in [-0.1, -0.05) is 147 Å². The Bertz CT molecular complexity index is 1040. The highest BCUT2D eigenvalue weighted by atomic mass is 31.0. The number of benzene rings is 1. The highest BCUT2D eigenvalue weighted by Crippen LogP contribution is 2.49. The van der Waals surface area contributed by atoms with Crippen molar-refractivity contribution in [3.8, 4) is 0 Å². The van der Waals surface area contributed by atoms with Crippen LogP contribution in [0.4, 0.5) is 5.69 Å². The first-order valence-corrected chi connectivity index (χ1v) is 22.9. The number of carbonyl (C=O) groups is 4. The second-order valence-corrected chi connectivity index (χ2v) is 18.1. The van der Waals surface area contributed by atoms with Gasteiger partial charge in [0.25, 0.3) is 0 Å². The molecule has 0 aliphatic rings. The summed E-state index contributed by atoms with van der Waals surface area (Å²) in [5.41, 5.74) is 1.23. The van der Waals surface area contributed by atoms with E-state index in [0.29, 0.717) is 0 Å². The third-order valence-corrected chi connectivity index (χ3v) is 12.6. The van der Waals surface area contributed by atoms with Gasteiger partial charge < -0.3 is 25.3 Å². The average molecular weight is 810 g/mol. The van der Waals surface area contributed by atoms with Crippen LogP contribution >= 0.6 is 18.5 Å². The topological polar surface area (TPSA) is 152 Å². The number of rotatable bonds is 39. The molecule has 11 heteroatoms. The van der Waals surface area contributed by atoms with Gasteiger partial charge >= 0.3 is 23.9 Å². The summed E-state index contributed by atoms with van der Waals surface area (Å²) in [5.74, 6) is -2.88. The van der Waals surface area contributed by atoms with E-state index in [4.69, 9.17) is 20.4 Å². The van der Waals surface area contributed by atoms with E-state index in [0.717, 1.165) is 180 Å². The molecule has 0 bridgehead atoms. The fourth-order valence-electron chi connectivity index (χ4n) is 7.89. The van der Waals surface area contributed by atoms with Crippen molar-refractivity contribution in [2.45, 2.75) is 216 Å². The predicted molar refractivity (Wildman–Crippen MR) is 232 cm³/mol. The number of para-hydroxylation sites is 1. The molecule has 0 saturated heterocycles. The number of unbranched alkanes of at least 4 members (excludes halogenated alkanes) is 20. The molecule has 0 aliphatic carbocycles. The Morgan fingerprint density at radius 2 is 0.600 bits per heavy atom. The maximum Gasteiger partial charge on any atom is 0.303 e. The number of carboxylic acid groups (broad SMARTS) is 4. The lowest BCUT2D eigenvalue weighted by Gasteiger charge is -2.54. The Morgan fingerprint density at radius 3 is 0.836 bits per heavy atom. The van der Waals surface area contributed by atoms with Gasteiger partial charge in [-0.2, -0.15) is 0 Å². The summed E-state index contributed by atoms with van der Waals surface area (Å²) in [5, 5.41) is 35.7. The van der Waals surface area contributed by atoms with Crippen LogP contribution in [0.1, 0.15) is 205 Å². The lowest BCUT2D eigenvalue weighted by atomic mass is 9.91. The smallest absolute Gasteiger partial charge is 0.303 e. The second-order valence-electron chi connectivity index (χ2n) is 15.9. The Kier molecular flexibility index (Phi) is 29.4. The summed E-state index contributed by atoms with van der Waals surface area (Å²) < 4.78 is 0. The van der Waals surface area contributed by atoms with Gasteiger partial charge in [0.15, 0.2) is 0 Å². The Balaban J connectivity index is 3.20. The van der Waals surface area contributed by atoms with Crippen LogP contribution in [0.3, 0.4) is 0 Å². The summed E-state index contributed by atoms with van der Waals surface area (Å²) >= 11 is 0. The Hall–Kier alpha value is -2.24. The SMILES string of the molecule is O=C(O)CCCCCCCCC(P)(CCCCCCCCC(=O)O)N(c1ccccc1)C(P)(CCCCCCCCC(=O)O)CCCCCCCCC(=O)O. The van der Waals surface area contributed by atoms with Gasteiger partial charge in [-0.05, 0) is 63.5 Å². The molecule has 0 radical (unpaired) electrons. The van der Waals surface area contributed by atoms with Crippen LogP contribution in [0.15, 0.2) is 30.3 Å². The lowest BCUT2D eigenvalue weighted by Crippen LogP contribution is -2.55. The van der Waals surface area contributed by atoms with Crippen molar-refractivity contribution in [3.05, 3.63) is 30.3 Å². The average Bonchev–Trinajstić information content (AvgIpc) is 3.13. The van der Waals surface area contributed by atoms with Crippen molar-refractivity contribution in [1.82, 2.24) is 0 Å². The van der Waals surface area contributed by atoms with E-state index >= 15 is 0 Å². The van der Waals surface area contributed by atoms with Crippen LogP contribution in [-0.2, 0) is 19.2 Å². The standard InChI is InChI=1S/C44H77NO8P2/c46-39(47)30-20-9-1-5-13-24-34-43(54,35-25-14-6-2-10-21-31-40(48)49)45(38-28-18-17-19-29-38)44(55,36-26-15-7-3-11-22-32-41(50)51)37-27-16-8-4-12-23-33-42(52)53/h17-19,28-29H,1-16,20-27,30-37,54-55H2,(H,46,47)(H,48,49)(H,50,51)(H,52,53). The number of hydrogen-bond donors (Lipinski definition) is 4. The number of carboxylic acids is 4. The molecule has 316 valence electrons. The molecule has 1 rings (SSSR count). The molecule has 0 saturated carbocycles. The van der Waals surface area contributed by atoms with E-state index in [1.807, 2.05) is 0 Å². The van der Waals surface area contributed by atoms with Crippen molar-refractivity contribution < 1.29 is 39.6 Å². The van der Waals surface area contributed by atoms with Crippen molar-refractivity contribution >= 4 is 48.0 Å². The first-order chi connectivity index (χ1) is 26.4. The van der Waals surface area contributed by atoms with Gasteiger partial charge in [-0.3, -0.25) is 19.2 Å². The summed E-state index contributed by atoms with van der Waals surface area (Å²) in [6.45, 7) is 0. The van der Waals surface area contributed by atoms with Gasteiger partial charge in [0.1, 0.15) is 0 Å². The van der Waals surface area contributed by atoms with E-state index in [1.54, 1.807) is 0 Å². The molecule has 9 nitrogen and oxygen atoms in total. The molecule has 0 aliphatic heterocycles. The highest BCUT2D eigenvalue weighted by molar-refractivity contribution is 7.21. The minimum absolute atomic E-state index is 0.177. The van der Waals surface area contributed by atoms with Crippen molar-refractivity contribution in [2.24, 2.45) is 0 Å².